The highest BCUT2D eigenvalue weighted by Crippen LogP contribution is 2.20. The van der Waals surface area contributed by atoms with Gasteiger partial charge in [0.05, 0.1) is 12.2 Å². The molecule has 134 valence electrons. The van der Waals surface area contributed by atoms with E-state index in [0.29, 0.717) is 6.54 Å². The highest BCUT2D eigenvalue weighted by Gasteiger charge is 2.14. The second kappa shape index (κ2) is 8.68. The fourth-order valence-electron chi connectivity index (χ4n) is 2.41. The average Bonchev–Trinajstić information content (AvgIpc) is 2.59. The minimum absolute atomic E-state index is 0.0547. The Balaban J connectivity index is 2.37. The van der Waals surface area contributed by atoms with E-state index in [1.807, 2.05) is 0 Å². The number of para-hydroxylation sites is 1. The van der Waals surface area contributed by atoms with Gasteiger partial charge in [0.2, 0.25) is 5.88 Å². The van der Waals surface area contributed by atoms with Gasteiger partial charge in [0, 0.05) is 12.8 Å². The van der Waals surface area contributed by atoms with Gasteiger partial charge in [0.25, 0.3) is 5.56 Å². The highest BCUT2D eigenvalue weighted by atomic mass is 32.1. The third-order valence-electron chi connectivity index (χ3n) is 3.87. The molecule has 0 fully saturated rings. The Morgan fingerprint density at radius 1 is 1.36 bits per heavy atom. The largest absolute Gasteiger partial charge is 0.494 e. The Hall–Kier alpha value is -2.32. The van der Waals surface area contributed by atoms with Gasteiger partial charge in [0.15, 0.2) is 4.77 Å². The summed E-state index contributed by atoms with van der Waals surface area (Å²) in [5, 5.41) is 10.4. The van der Waals surface area contributed by atoms with Crippen LogP contribution in [0, 0.1) is 10.6 Å². The number of benzene rings is 1. The zero-order chi connectivity index (χ0) is 18.4. The molecule has 0 saturated carbocycles. The molecule has 0 bridgehead atoms. The van der Waals surface area contributed by atoms with E-state index >= 15 is 0 Å². The Morgan fingerprint density at radius 3 is 2.68 bits per heavy atom. The minimum Gasteiger partial charge on any atom is -0.494 e. The third-order valence-corrected chi connectivity index (χ3v) is 4.16. The van der Waals surface area contributed by atoms with Crippen LogP contribution in [0.1, 0.15) is 19.4 Å². The first-order valence-corrected chi connectivity index (χ1v) is 8.45. The van der Waals surface area contributed by atoms with Gasteiger partial charge >= 0.3 is 0 Å². The fraction of sp³-hybridized carbons (Fsp3) is 0.353. The van der Waals surface area contributed by atoms with Crippen LogP contribution in [-0.4, -0.2) is 52.0 Å². The van der Waals surface area contributed by atoms with Crippen LogP contribution in [0.4, 0.5) is 4.39 Å². The summed E-state index contributed by atoms with van der Waals surface area (Å²) in [5.74, 6) is -1.00. The van der Waals surface area contributed by atoms with Crippen molar-refractivity contribution in [2.75, 3.05) is 26.2 Å². The number of nitrogens with one attached hydrogen (secondary N) is 1. The van der Waals surface area contributed by atoms with E-state index in [2.05, 4.69) is 28.7 Å². The van der Waals surface area contributed by atoms with Crippen molar-refractivity contribution in [2.24, 2.45) is 4.99 Å². The smallest absolute Gasteiger partial charge is 0.264 e. The maximum atomic E-state index is 14.0. The minimum atomic E-state index is -0.568. The molecule has 1 aromatic carbocycles. The lowest BCUT2D eigenvalue weighted by Gasteiger charge is -2.16. The van der Waals surface area contributed by atoms with E-state index < -0.39 is 17.3 Å². The molecular weight excluding hydrogens is 343 g/mol. The number of likely N-dealkylation sites (N-methyl/N-ethyl adjacent to an activating group) is 1. The monoisotopic (exact) mass is 364 g/mol. The SMILES string of the molecule is CCN(CC)CCN=Cc1c(O)n(-c2ccccc2F)c(=S)[nH]c1=O. The summed E-state index contributed by atoms with van der Waals surface area (Å²) >= 11 is 5.06. The molecule has 2 rings (SSSR count). The molecule has 8 heteroatoms. The van der Waals surface area contributed by atoms with Crippen LogP contribution >= 0.6 is 12.2 Å². The average molecular weight is 364 g/mol. The third kappa shape index (κ3) is 4.40. The molecule has 1 aromatic heterocycles. The number of aromatic nitrogens is 2. The number of aromatic amines is 1. The topological polar surface area (TPSA) is 73.6 Å². The maximum absolute atomic E-state index is 14.0. The summed E-state index contributed by atoms with van der Waals surface area (Å²) in [5.41, 5.74) is -0.572. The summed E-state index contributed by atoms with van der Waals surface area (Å²) < 4.78 is 15.0. The van der Waals surface area contributed by atoms with Crippen molar-refractivity contribution in [3.8, 4) is 11.6 Å². The van der Waals surface area contributed by atoms with Crippen molar-refractivity contribution in [1.82, 2.24) is 14.5 Å². The molecule has 1 heterocycles. The van der Waals surface area contributed by atoms with Crippen molar-refractivity contribution in [2.45, 2.75) is 13.8 Å². The number of hydrogen-bond donors (Lipinski definition) is 2. The molecule has 0 aliphatic heterocycles. The molecular formula is C17H21FN4O2S. The fourth-order valence-corrected chi connectivity index (χ4v) is 2.68. The lowest BCUT2D eigenvalue weighted by atomic mass is 10.2. The summed E-state index contributed by atoms with van der Waals surface area (Å²) in [6.45, 7) is 7.17. The molecule has 0 saturated heterocycles. The van der Waals surface area contributed by atoms with Gasteiger partial charge in [-0.15, -0.1) is 0 Å². The van der Waals surface area contributed by atoms with Crippen LogP contribution in [0.25, 0.3) is 5.69 Å². The van der Waals surface area contributed by atoms with E-state index in [-0.39, 0.29) is 16.0 Å². The number of nitrogens with zero attached hydrogens (tertiary/aromatic N) is 3. The first kappa shape index (κ1) is 19.0. The normalized spacial score (nSPS) is 11.5. The molecule has 0 spiro atoms. The molecule has 0 unspecified atom stereocenters. The Bertz CT molecular complexity index is 872. The Morgan fingerprint density at radius 2 is 2.04 bits per heavy atom. The molecule has 0 amide bonds. The van der Waals surface area contributed by atoms with Crippen LogP contribution in [0.5, 0.6) is 5.88 Å². The van der Waals surface area contributed by atoms with Crippen LogP contribution in [0.3, 0.4) is 0 Å². The Labute approximate surface area is 150 Å². The molecule has 2 aromatic rings. The van der Waals surface area contributed by atoms with Crippen LogP contribution in [-0.2, 0) is 0 Å². The summed E-state index contributed by atoms with van der Waals surface area (Å²) in [6.07, 6.45) is 1.30. The predicted molar refractivity (Wildman–Crippen MR) is 99.1 cm³/mol. The van der Waals surface area contributed by atoms with Crippen molar-refractivity contribution in [3.05, 3.63) is 50.8 Å². The highest BCUT2D eigenvalue weighted by molar-refractivity contribution is 7.71. The second-order valence-electron chi connectivity index (χ2n) is 5.35. The van der Waals surface area contributed by atoms with E-state index in [4.69, 9.17) is 12.2 Å². The number of aliphatic imine (C=N–C) groups is 1. The zero-order valence-corrected chi connectivity index (χ0v) is 15.0. The van der Waals surface area contributed by atoms with Gasteiger partial charge in [-0.2, -0.15) is 0 Å². The first-order chi connectivity index (χ1) is 12.0. The molecule has 0 aliphatic carbocycles. The van der Waals surface area contributed by atoms with Crippen LogP contribution in [0.2, 0.25) is 0 Å². The predicted octanol–water partition coefficient (Wildman–Crippen LogP) is 2.50. The maximum Gasteiger partial charge on any atom is 0.264 e. The molecule has 0 atom stereocenters. The number of aromatic hydroxyl groups is 1. The van der Waals surface area contributed by atoms with Crippen molar-refractivity contribution in [1.29, 1.82) is 0 Å². The van der Waals surface area contributed by atoms with Gasteiger partial charge < -0.3 is 10.0 Å². The molecule has 6 nitrogen and oxygen atoms in total. The summed E-state index contributed by atoms with van der Waals surface area (Å²) in [4.78, 5) is 20.9. The Kier molecular flexibility index (Phi) is 6.60. The van der Waals surface area contributed by atoms with Gasteiger partial charge in [-0.1, -0.05) is 26.0 Å². The number of H-pyrrole nitrogens is 1. The number of rotatable bonds is 7. The van der Waals surface area contributed by atoms with E-state index in [0.717, 1.165) is 24.2 Å². The quantitative estimate of drug-likeness (QED) is 0.585. The number of hydrogen-bond acceptors (Lipinski definition) is 5. The number of halogens is 1. The van der Waals surface area contributed by atoms with Crippen molar-refractivity contribution >= 4 is 18.4 Å². The van der Waals surface area contributed by atoms with E-state index in [9.17, 15) is 14.3 Å². The standard InChI is InChI=1S/C17H21FN4O2S/c1-3-21(4-2)10-9-19-11-12-15(23)20-17(25)22(16(12)24)14-8-6-5-7-13(14)18/h5-8,11,24H,3-4,9-10H2,1-2H3,(H,20,23,25). The van der Waals surface area contributed by atoms with E-state index in [1.165, 1.54) is 24.4 Å². The van der Waals surface area contributed by atoms with Crippen molar-refractivity contribution < 1.29 is 9.50 Å². The van der Waals surface area contributed by atoms with Gasteiger partial charge in [-0.05, 0) is 37.4 Å². The summed E-state index contributed by atoms with van der Waals surface area (Å²) in [7, 11) is 0. The van der Waals surface area contributed by atoms with Crippen LogP contribution < -0.4 is 5.56 Å². The van der Waals surface area contributed by atoms with Crippen molar-refractivity contribution in [3.63, 3.8) is 0 Å². The second-order valence-corrected chi connectivity index (χ2v) is 5.73. The lowest BCUT2D eigenvalue weighted by Crippen LogP contribution is -2.25. The zero-order valence-electron chi connectivity index (χ0n) is 14.2. The molecule has 25 heavy (non-hydrogen) atoms. The summed E-state index contributed by atoms with van der Waals surface area (Å²) in [6, 6.07) is 5.85. The molecule has 2 N–H and O–H groups in total. The molecule has 0 aliphatic rings. The first-order valence-electron chi connectivity index (χ1n) is 8.05. The van der Waals surface area contributed by atoms with Gasteiger partial charge in [-0.25, -0.2) is 4.39 Å². The molecule has 0 radical (unpaired) electrons. The van der Waals surface area contributed by atoms with Crippen LogP contribution in [0.15, 0.2) is 34.1 Å². The van der Waals surface area contributed by atoms with Gasteiger partial charge in [-0.3, -0.25) is 19.3 Å². The van der Waals surface area contributed by atoms with E-state index in [1.54, 1.807) is 6.07 Å². The lowest BCUT2D eigenvalue weighted by molar-refractivity contribution is 0.313. The van der Waals surface area contributed by atoms with Gasteiger partial charge in [0.1, 0.15) is 11.4 Å².